The summed E-state index contributed by atoms with van der Waals surface area (Å²) in [6.45, 7) is 1.53. The van der Waals surface area contributed by atoms with Crippen LogP contribution < -0.4 is 5.32 Å². The lowest BCUT2D eigenvalue weighted by atomic mass is 10.1. The molecule has 1 amide bonds. The average Bonchev–Trinajstić information content (AvgIpc) is 2.74. The Morgan fingerprint density at radius 2 is 1.79 bits per heavy atom. The highest BCUT2D eigenvalue weighted by Crippen LogP contribution is 2.39. The molecular weight excluding hydrogens is 254 g/mol. The van der Waals surface area contributed by atoms with Gasteiger partial charge in [0.2, 0.25) is 5.91 Å². The number of rotatable bonds is 2. The van der Waals surface area contributed by atoms with E-state index >= 15 is 0 Å². The monoisotopic (exact) mass is 269 g/mol. The third-order valence-electron chi connectivity index (χ3n) is 3.41. The maximum Gasteiger partial charge on any atom is 0.221 e. The smallest absolute Gasteiger partial charge is 0.221 e. The van der Waals surface area contributed by atoms with Gasteiger partial charge in [0.25, 0.3) is 0 Å². The van der Waals surface area contributed by atoms with Gasteiger partial charge in [-0.1, -0.05) is 12.1 Å². The topological polar surface area (TPSA) is 29.1 Å². The molecule has 1 aliphatic carbocycles. The number of benzene rings is 2. The zero-order chi connectivity index (χ0) is 13.4. The SMILES string of the molecule is CSc1ccc2c(c1)Cc1cc(NC(C)=O)ccc1-2. The highest BCUT2D eigenvalue weighted by atomic mass is 32.2. The first-order valence-corrected chi connectivity index (χ1v) is 7.47. The fourth-order valence-electron chi connectivity index (χ4n) is 2.59. The Bertz CT molecular complexity index is 664. The van der Waals surface area contributed by atoms with Crippen molar-refractivity contribution in [3.05, 3.63) is 47.5 Å². The Hall–Kier alpha value is -1.74. The van der Waals surface area contributed by atoms with Gasteiger partial charge in [0.05, 0.1) is 0 Å². The highest BCUT2D eigenvalue weighted by molar-refractivity contribution is 7.98. The van der Waals surface area contributed by atoms with Crippen LogP contribution in [-0.4, -0.2) is 12.2 Å². The van der Waals surface area contributed by atoms with E-state index in [0.29, 0.717) is 0 Å². The van der Waals surface area contributed by atoms with E-state index in [1.165, 1.54) is 34.1 Å². The summed E-state index contributed by atoms with van der Waals surface area (Å²) in [5.41, 5.74) is 6.16. The van der Waals surface area contributed by atoms with Gasteiger partial charge in [-0.15, -0.1) is 11.8 Å². The molecule has 2 aromatic carbocycles. The summed E-state index contributed by atoms with van der Waals surface area (Å²) in [5.74, 6) is -0.0277. The molecule has 19 heavy (non-hydrogen) atoms. The Balaban J connectivity index is 2.00. The summed E-state index contributed by atoms with van der Waals surface area (Å²) in [7, 11) is 0. The van der Waals surface area contributed by atoms with Crippen LogP contribution in [0.2, 0.25) is 0 Å². The first kappa shape index (κ1) is 12.3. The number of hydrogen-bond acceptors (Lipinski definition) is 2. The Morgan fingerprint density at radius 1 is 1.11 bits per heavy atom. The Labute approximate surface area is 117 Å². The van der Waals surface area contributed by atoms with E-state index < -0.39 is 0 Å². The molecule has 0 heterocycles. The summed E-state index contributed by atoms with van der Waals surface area (Å²) >= 11 is 1.77. The van der Waals surface area contributed by atoms with E-state index in [9.17, 15) is 4.79 Å². The molecule has 96 valence electrons. The summed E-state index contributed by atoms with van der Waals surface area (Å²) in [6.07, 6.45) is 3.05. The van der Waals surface area contributed by atoms with Crippen LogP contribution in [-0.2, 0) is 11.2 Å². The molecule has 0 radical (unpaired) electrons. The van der Waals surface area contributed by atoms with Crippen molar-refractivity contribution < 1.29 is 4.79 Å². The minimum atomic E-state index is -0.0277. The molecule has 0 aromatic heterocycles. The van der Waals surface area contributed by atoms with Crippen LogP contribution in [0.25, 0.3) is 11.1 Å². The van der Waals surface area contributed by atoms with Crippen molar-refractivity contribution in [1.82, 2.24) is 0 Å². The summed E-state index contributed by atoms with van der Waals surface area (Å²) in [5, 5.41) is 2.84. The van der Waals surface area contributed by atoms with E-state index in [4.69, 9.17) is 0 Å². The van der Waals surface area contributed by atoms with Crippen molar-refractivity contribution in [1.29, 1.82) is 0 Å². The molecule has 1 N–H and O–H groups in total. The molecule has 0 atom stereocenters. The molecule has 0 aliphatic heterocycles. The van der Waals surface area contributed by atoms with Crippen molar-refractivity contribution in [2.45, 2.75) is 18.2 Å². The fourth-order valence-corrected chi connectivity index (χ4v) is 3.06. The first-order valence-electron chi connectivity index (χ1n) is 6.25. The number of amides is 1. The van der Waals surface area contributed by atoms with Gasteiger partial charge >= 0.3 is 0 Å². The quantitative estimate of drug-likeness (QED) is 0.714. The van der Waals surface area contributed by atoms with E-state index in [1.54, 1.807) is 11.8 Å². The molecule has 0 unspecified atom stereocenters. The predicted molar refractivity (Wildman–Crippen MR) is 80.8 cm³/mol. The van der Waals surface area contributed by atoms with Gasteiger partial charge in [0.1, 0.15) is 0 Å². The normalized spacial score (nSPS) is 11.9. The lowest BCUT2D eigenvalue weighted by molar-refractivity contribution is -0.114. The number of anilines is 1. The Kier molecular flexibility index (Phi) is 3.07. The van der Waals surface area contributed by atoms with Gasteiger partial charge in [-0.05, 0) is 59.2 Å². The second-order valence-electron chi connectivity index (χ2n) is 4.75. The van der Waals surface area contributed by atoms with Crippen LogP contribution in [0.4, 0.5) is 5.69 Å². The van der Waals surface area contributed by atoms with E-state index in [-0.39, 0.29) is 5.91 Å². The van der Waals surface area contributed by atoms with Crippen molar-refractivity contribution in [2.75, 3.05) is 11.6 Å². The van der Waals surface area contributed by atoms with Crippen LogP contribution in [0, 0.1) is 0 Å². The van der Waals surface area contributed by atoms with Crippen LogP contribution in [0.15, 0.2) is 41.3 Å². The van der Waals surface area contributed by atoms with Gasteiger partial charge in [-0.25, -0.2) is 0 Å². The zero-order valence-electron chi connectivity index (χ0n) is 11.0. The van der Waals surface area contributed by atoms with Gasteiger partial charge in [0, 0.05) is 17.5 Å². The minimum Gasteiger partial charge on any atom is -0.326 e. The van der Waals surface area contributed by atoms with E-state index in [2.05, 4.69) is 41.9 Å². The lowest BCUT2D eigenvalue weighted by Gasteiger charge is -2.05. The molecule has 1 aliphatic rings. The van der Waals surface area contributed by atoms with Crippen LogP contribution in [0.5, 0.6) is 0 Å². The molecule has 0 fully saturated rings. The first-order chi connectivity index (χ1) is 9.17. The number of nitrogens with one attached hydrogen (secondary N) is 1. The van der Waals surface area contributed by atoms with Crippen molar-refractivity contribution in [3.8, 4) is 11.1 Å². The maximum atomic E-state index is 11.1. The molecule has 2 aromatic rings. The molecule has 0 spiro atoms. The molecule has 0 saturated carbocycles. The number of thioether (sulfide) groups is 1. The number of carbonyl (C=O) groups is 1. The second-order valence-corrected chi connectivity index (χ2v) is 5.63. The van der Waals surface area contributed by atoms with Gasteiger partial charge < -0.3 is 5.32 Å². The fraction of sp³-hybridized carbons (Fsp3) is 0.188. The summed E-state index contributed by atoms with van der Waals surface area (Å²) in [6, 6.07) is 12.8. The highest BCUT2D eigenvalue weighted by Gasteiger charge is 2.18. The summed E-state index contributed by atoms with van der Waals surface area (Å²) in [4.78, 5) is 12.4. The number of carbonyl (C=O) groups excluding carboxylic acids is 1. The lowest BCUT2D eigenvalue weighted by Crippen LogP contribution is -2.05. The number of hydrogen-bond donors (Lipinski definition) is 1. The molecule has 0 bridgehead atoms. The molecule has 0 saturated heterocycles. The Morgan fingerprint density at radius 3 is 2.47 bits per heavy atom. The standard InChI is InChI=1S/C16H15NOS/c1-10(18)17-13-3-5-15-11(8-13)7-12-9-14(19-2)4-6-16(12)15/h3-6,8-9H,7H2,1-2H3,(H,17,18). The predicted octanol–water partition coefficient (Wildman–Crippen LogP) is 3.94. The maximum absolute atomic E-state index is 11.1. The van der Waals surface area contributed by atoms with Gasteiger partial charge in [-0.3, -0.25) is 4.79 Å². The van der Waals surface area contributed by atoms with E-state index in [1.807, 2.05) is 6.07 Å². The third-order valence-corrected chi connectivity index (χ3v) is 4.13. The number of fused-ring (bicyclic) bond motifs is 3. The molecule has 3 rings (SSSR count). The third kappa shape index (κ3) is 2.26. The van der Waals surface area contributed by atoms with Crippen molar-refractivity contribution in [3.63, 3.8) is 0 Å². The second kappa shape index (κ2) is 4.74. The van der Waals surface area contributed by atoms with Crippen LogP contribution in [0.1, 0.15) is 18.1 Å². The van der Waals surface area contributed by atoms with Crippen molar-refractivity contribution in [2.24, 2.45) is 0 Å². The largest absolute Gasteiger partial charge is 0.326 e. The zero-order valence-corrected chi connectivity index (χ0v) is 11.8. The van der Waals surface area contributed by atoms with Crippen molar-refractivity contribution >= 4 is 23.4 Å². The molecule has 2 nitrogen and oxygen atoms in total. The van der Waals surface area contributed by atoms with Gasteiger partial charge in [0.15, 0.2) is 0 Å². The average molecular weight is 269 g/mol. The summed E-state index contributed by atoms with van der Waals surface area (Å²) < 4.78 is 0. The van der Waals surface area contributed by atoms with Crippen LogP contribution >= 0.6 is 11.8 Å². The van der Waals surface area contributed by atoms with Crippen LogP contribution in [0.3, 0.4) is 0 Å². The van der Waals surface area contributed by atoms with Gasteiger partial charge in [-0.2, -0.15) is 0 Å². The minimum absolute atomic E-state index is 0.0277. The molecule has 3 heteroatoms. The van der Waals surface area contributed by atoms with E-state index in [0.717, 1.165) is 12.1 Å². The molecular formula is C16H15NOS.